The van der Waals surface area contributed by atoms with E-state index in [4.69, 9.17) is 4.74 Å². The maximum atomic E-state index is 13.9. The molecule has 0 aromatic heterocycles. The first-order chi connectivity index (χ1) is 18.2. The van der Waals surface area contributed by atoms with Gasteiger partial charge in [-0.2, -0.15) is 0 Å². The first-order valence-electron chi connectivity index (χ1n) is 16.4. The van der Waals surface area contributed by atoms with Crippen LogP contribution in [0.15, 0.2) is 24.4 Å². The number of allylic oxidation sites excluding steroid dienone is 2. The molecule has 4 saturated carbocycles. The minimum atomic E-state index is 0.130. The second-order valence-corrected chi connectivity index (χ2v) is 15.1. The Morgan fingerprint density at radius 2 is 1.68 bits per heavy atom. The quantitative estimate of drug-likeness (QED) is 0.237. The van der Waals surface area contributed by atoms with Crippen LogP contribution in [-0.4, -0.2) is 37.0 Å². The average Bonchev–Trinajstić information content (AvgIpc) is 3.24. The summed E-state index contributed by atoms with van der Waals surface area (Å²) in [5, 5.41) is 0. The molecule has 9 atom stereocenters. The smallest absolute Gasteiger partial charge is 0.164 e. The molecular formula is C35H57NO2. The van der Waals surface area contributed by atoms with E-state index in [-0.39, 0.29) is 11.3 Å². The number of hydrogen-bond donors (Lipinski definition) is 0. The van der Waals surface area contributed by atoms with E-state index in [0.29, 0.717) is 17.1 Å². The molecule has 5 rings (SSSR count). The molecule has 0 N–H and O–H groups in total. The Labute approximate surface area is 234 Å². The summed E-state index contributed by atoms with van der Waals surface area (Å²) in [5.74, 6) is 6.18. The molecule has 0 amide bonds. The minimum absolute atomic E-state index is 0.130. The number of ether oxygens (including phenoxy) is 1. The molecule has 38 heavy (non-hydrogen) atoms. The van der Waals surface area contributed by atoms with Crippen LogP contribution in [0.3, 0.4) is 0 Å². The van der Waals surface area contributed by atoms with Crippen molar-refractivity contribution in [3.8, 4) is 0 Å². The van der Waals surface area contributed by atoms with Crippen molar-refractivity contribution >= 4 is 5.78 Å². The zero-order chi connectivity index (χ0) is 27.1. The summed E-state index contributed by atoms with van der Waals surface area (Å²) in [7, 11) is 0. The molecule has 1 unspecified atom stereocenters. The van der Waals surface area contributed by atoms with Crippen LogP contribution < -0.4 is 0 Å². The van der Waals surface area contributed by atoms with Crippen molar-refractivity contribution in [2.75, 3.05) is 26.3 Å². The summed E-state index contributed by atoms with van der Waals surface area (Å²) in [4.78, 5) is 16.2. The maximum Gasteiger partial charge on any atom is 0.164 e. The van der Waals surface area contributed by atoms with Crippen molar-refractivity contribution in [3.63, 3.8) is 0 Å². The summed E-state index contributed by atoms with van der Waals surface area (Å²) < 4.78 is 5.59. The van der Waals surface area contributed by atoms with Gasteiger partial charge < -0.3 is 9.64 Å². The monoisotopic (exact) mass is 523 g/mol. The molecule has 0 radical (unpaired) electrons. The fourth-order valence-corrected chi connectivity index (χ4v) is 10.8. The third-order valence-corrected chi connectivity index (χ3v) is 12.7. The highest BCUT2D eigenvalue weighted by Gasteiger charge is 2.62. The SMILES string of the molecule is C=CC[C@@H]1C(=O)/C(=C\N2CCOCC2)C[C@@]2(C)C1CC[C@H]1[C@@H]3CC[C@H]([C@H](C)CCCC(C)C)[C@@]3(C)CC[C@@H]12. The molecule has 3 heteroatoms. The standard InChI is InChI=1S/C35H57NO2/c1-7-9-28-31-13-12-27-30-15-14-29(25(4)11-8-10-24(2)3)34(30,5)17-16-32(27)35(31,6)22-26(33(28)37)23-36-18-20-38-21-19-36/h7,23-25,27-32H,1,8-22H2,2-6H3/b26-23-/t25-,27+,28+,29-,30+,31?,32+,34-,35+/m1/s1. The predicted molar refractivity (Wildman–Crippen MR) is 158 cm³/mol. The molecule has 1 heterocycles. The number of nitrogens with zero attached hydrogens (tertiary/aromatic N) is 1. The second-order valence-electron chi connectivity index (χ2n) is 15.1. The van der Waals surface area contributed by atoms with Crippen molar-refractivity contribution in [1.29, 1.82) is 0 Å². The van der Waals surface area contributed by atoms with Gasteiger partial charge in [0.15, 0.2) is 5.78 Å². The van der Waals surface area contributed by atoms with Crippen molar-refractivity contribution in [2.45, 2.75) is 105 Å². The van der Waals surface area contributed by atoms with Gasteiger partial charge in [-0.15, -0.1) is 6.58 Å². The van der Waals surface area contributed by atoms with Gasteiger partial charge in [0.05, 0.1) is 13.2 Å². The Morgan fingerprint density at radius 1 is 0.974 bits per heavy atom. The maximum absolute atomic E-state index is 13.9. The normalized spacial score (nSPS) is 43.1. The molecular weight excluding hydrogens is 466 g/mol. The van der Waals surface area contributed by atoms with Gasteiger partial charge in [-0.1, -0.05) is 60.0 Å². The Kier molecular flexibility index (Phi) is 8.55. The van der Waals surface area contributed by atoms with Gasteiger partial charge in [0.2, 0.25) is 0 Å². The Morgan fingerprint density at radius 3 is 2.39 bits per heavy atom. The number of fused-ring (bicyclic) bond motifs is 5. The summed E-state index contributed by atoms with van der Waals surface area (Å²) in [5.41, 5.74) is 1.87. The van der Waals surface area contributed by atoms with E-state index in [2.05, 4.69) is 52.3 Å². The number of Topliss-reactive ketones (excluding diaryl/α,β-unsaturated/α-hetero) is 1. The first-order valence-corrected chi connectivity index (χ1v) is 16.4. The minimum Gasteiger partial charge on any atom is -0.378 e. The summed E-state index contributed by atoms with van der Waals surface area (Å²) in [6.07, 6.45) is 18.6. The van der Waals surface area contributed by atoms with Crippen LogP contribution in [-0.2, 0) is 9.53 Å². The number of carbonyl (C=O) groups is 1. The van der Waals surface area contributed by atoms with Crippen LogP contribution in [0.5, 0.6) is 0 Å². The molecule has 1 aliphatic heterocycles. The molecule has 0 aromatic carbocycles. The number of morpholine rings is 1. The fourth-order valence-electron chi connectivity index (χ4n) is 10.8. The highest BCUT2D eigenvalue weighted by molar-refractivity contribution is 5.98. The van der Waals surface area contributed by atoms with Gasteiger partial charge in [-0.3, -0.25) is 4.79 Å². The highest BCUT2D eigenvalue weighted by atomic mass is 16.5. The molecule has 3 nitrogen and oxygen atoms in total. The van der Waals surface area contributed by atoms with E-state index in [9.17, 15) is 4.79 Å². The van der Waals surface area contributed by atoms with Crippen molar-refractivity contribution in [1.82, 2.24) is 4.90 Å². The molecule has 4 aliphatic carbocycles. The largest absolute Gasteiger partial charge is 0.378 e. The molecule has 0 spiro atoms. The third kappa shape index (κ3) is 5.08. The zero-order valence-electron chi connectivity index (χ0n) is 25.4. The van der Waals surface area contributed by atoms with E-state index in [1.54, 1.807) is 0 Å². The van der Waals surface area contributed by atoms with E-state index in [0.717, 1.165) is 80.2 Å². The van der Waals surface area contributed by atoms with Crippen LogP contribution in [0.25, 0.3) is 0 Å². The van der Waals surface area contributed by atoms with Crippen LogP contribution in [0.1, 0.15) is 105 Å². The summed E-state index contributed by atoms with van der Waals surface area (Å²) in [6, 6.07) is 0. The van der Waals surface area contributed by atoms with Crippen LogP contribution in [0.2, 0.25) is 0 Å². The molecule has 0 aromatic rings. The topological polar surface area (TPSA) is 29.5 Å². The highest BCUT2D eigenvalue weighted by Crippen LogP contribution is 2.69. The van der Waals surface area contributed by atoms with Gasteiger partial charge in [0.25, 0.3) is 0 Å². The zero-order valence-corrected chi connectivity index (χ0v) is 25.4. The van der Waals surface area contributed by atoms with Crippen LogP contribution >= 0.6 is 0 Å². The summed E-state index contributed by atoms with van der Waals surface area (Å²) in [6.45, 7) is 20.1. The van der Waals surface area contributed by atoms with Crippen LogP contribution in [0, 0.1) is 58.2 Å². The van der Waals surface area contributed by atoms with E-state index >= 15 is 0 Å². The fraction of sp³-hybridized carbons (Fsp3) is 0.857. The van der Waals surface area contributed by atoms with Gasteiger partial charge >= 0.3 is 0 Å². The number of carbonyl (C=O) groups excluding carboxylic acids is 1. The van der Waals surface area contributed by atoms with Gasteiger partial charge in [-0.25, -0.2) is 0 Å². The average molecular weight is 524 g/mol. The lowest BCUT2D eigenvalue weighted by Crippen LogP contribution is -2.56. The number of rotatable bonds is 8. The first kappa shape index (κ1) is 28.4. The number of hydrogen-bond acceptors (Lipinski definition) is 3. The third-order valence-electron chi connectivity index (χ3n) is 12.7. The lowest BCUT2D eigenvalue weighted by Gasteiger charge is -2.62. The van der Waals surface area contributed by atoms with Crippen molar-refractivity contribution in [3.05, 3.63) is 24.4 Å². The Bertz CT molecular complexity index is 886. The summed E-state index contributed by atoms with van der Waals surface area (Å²) >= 11 is 0. The second kappa shape index (κ2) is 11.4. The van der Waals surface area contributed by atoms with Crippen molar-refractivity contribution in [2.24, 2.45) is 58.2 Å². The van der Waals surface area contributed by atoms with E-state index < -0.39 is 0 Å². The lowest BCUT2D eigenvalue weighted by molar-refractivity contribution is -0.144. The van der Waals surface area contributed by atoms with E-state index in [1.165, 1.54) is 57.8 Å². The van der Waals surface area contributed by atoms with Crippen molar-refractivity contribution < 1.29 is 9.53 Å². The van der Waals surface area contributed by atoms with Gasteiger partial charge in [0, 0.05) is 30.8 Å². The molecule has 214 valence electrons. The molecule has 5 fully saturated rings. The van der Waals surface area contributed by atoms with Crippen LogP contribution in [0.4, 0.5) is 0 Å². The Hall–Kier alpha value is -1.09. The van der Waals surface area contributed by atoms with Gasteiger partial charge in [-0.05, 0) is 104 Å². The predicted octanol–water partition coefficient (Wildman–Crippen LogP) is 8.31. The number of ketones is 1. The molecule has 1 saturated heterocycles. The van der Waals surface area contributed by atoms with Gasteiger partial charge in [0.1, 0.15) is 0 Å². The van der Waals surface area contributed by atoms with E-state index in [1.807, 2.05) is 6.08 Å². The molecule has 0 bridgehead atoms. The lowest BCUT2D eigenvalue weighted by atomic mass is 9.42. The Balaban J connectivity index is 1.37. The molecule has 5 aliphatic rings.